The van der Waals surface area contributed by atoms with E-state index >= 15 is 0 Å². The summed E-state index contributed by atoms with van der Waals surface area (Å²) in [5.41, 5.74) is 0.432. The van der Waals surface area contributed by atoms with Crippen molar-refractivity contribution in [1.82, 2.24) is 4.90 Å². The first-order valence-corrected chi connectivity index (χ1v) is 6.64. The molecule has 0 aliphatic carbocycles. The number of likely N-dealkylation sites (tertiary alicyclic amines) is 1. The Balaban J connectivity index is 2.00. The molecule has 1 aromatic carbocycles. The van der Waals surface area contributed by atoms with E-state index in [2.05, 4.69) is 20.8 Å². The third-order valence-corrected chi connectivity index (χ3v) is 4.11. The molecule has 2 rings (SSSR count). The van der Waals surface area contributed by atoms with Crippen LogP contribution in [0.5, 0.6) is 0 Å². The average molecular weight is 302 g/mol. The topological polar surface area (TPSA) is 23.5 Å². The lowest BCUT2D eigenvalue weighted by molar-refractivity contribution is -0.00736. The molecule has 0 unspecified atom stereocenters. The standard InChI is InChI=1S/C13H17BrFNO/c1-13(17)4-6-16(7-5-13)9-10-8-11(15)2-3-12(10)14/h2-3,8,17H,4-7,9H2,1H3. The van der Waals surface area contributed by atoms with Crippen LogP contribution in [0.3, 0.4) is 0 Å². The first-order valence-electron chi connectivity index (χ1n) is 5.85. The number of rotatable bonds is 2. The maximum Gasteiger partial charge on any atom is 0.123 e. The van der Waals surface area contributed by atoms with Gasteiger partial charge < -0.3 is 5.11 Å². The maximum atomic E-state index is 13.1. The molecule has 0 spiro atoms. The molecular formula is C13H17BrFNO. The van der Waals surface area contributed by atoms with Crippen LogP contribution in [0.4, 0.5) is 4.39 Å². The Kier molecular flexibility index (Phi) is 3.85. The van der Waals surface area contributed by atoms with Crippen LogP contribution >= 0.6 is 15.9 Å². The minimum absolute atomic E-state index is 0.202. The van der Waals surface area contributed by atoms with Gasteiger partial charge in [0.1, 0.15) is 5.82 Å². The van der Waals surface area contributed by atoms with Crippen molar-refractivity contribution >= 4 is 15.9 Å². The van der Waals surface area contributed by atoms with Crippen molar-refractivity contribution in [2.75, 3.05) is 13.1 Å². The minimum Gasteiger partial charge on any atom is -0.390 e. The summed E-state index contributed by atoms with van der Waals surface area (Å²) in [6, 6.07) is 4.76. The molecule has 94 valence electrons. The molecule has 0 saturated carbocycles. The van der Waals surface area contributed by atoms with E-state index in [-0.39, 0.29) is 5.82 Å². The van der Waals surface area contributed by atoms with Crippen molar-refractivity contribution in [2.24, 2.45) is 0 Å². The number of halogens is 2. The van der Waals surface area contributed by atoms with Crippen LogP contribution in [-0.4, -0.2) is 28.7 Å². The molecule has 1 fully saturated rings. The van der Waals surface area contributed by atoms with Gasteiger partial charge in [-0.05, 0) is 43.5 Å². The van der Waals surface area contributed by atoms with Crippen molar-refractivity contribution in [2.45, 2.75) is 31.9 Å². The van der Waals surface area contributed by atoms with E-state index in [1.807, 2.05) is 6.92 Å². The largest absolute Gasteiger partial charge is 0.390 e. The molecule has 0 amide bonds. The number of aliphatic hydroxyl groups is 1. The summed E-state index contributed by atoms with van der Waals surface area (Å²) in [7, 11) is 0. The second-order valence-corrected chi connectivity index (χ2v) is 5.86. The van der Waals surface area contributed by atoms with Gasteiger partial charge in [0.2, 0.25) is 0 Å². The lowest BCUT2D eigenvalue weighted by atomic mass is 9.93. The molecule has 2 nitrogen and oxygen atoms in total. The van der Waals surface area contributed by atoms with Gasteiger partial charge in [0.25, 0.3) is 0 Å². The number of hydrogen-bond donors (Lipinski definition) is 1. The molecule has 1 heterocycles. The molecule has 0 atom stereocenters. The lowest BCUT2D eigenvalue weighted by Gasteiger charge is -2.35. The van der Waals surface area contributed by atoms with Crippen LogP contribution in [0, 0.1) is 5.82 Å². The van der Waals surface area contributed by atoms with Crippen molar-refractivity contribution in [3.05, 3.63) is 34.1 Å². The highest BCUT2D eigenvalue weighted by molar-refractivity contribution is 9.10. The third kappa shape index (κ3) is 3.50. The molecule has 1 N–H and O–H groups in total. The first-order chi connectivity index (χ1) is 7.96. The molecule has 17 heavy (non-hydrogen) atoms. The zero-order valence-corrected chi connectivity index (χ0v) is 11.5. The predicted molar refractivity (Wildman–Crippen MR) is 69.2 cm³/mol. The van der Waals surface area contributed by atoms with Gasteiger partial charge in [0.05, 0.1) is 5.60 Å². The summed E-state index contributed by atoms with van der Waals surface area (Å²) in [5.74, 6) is -0.202. The Morgan fingerprint density at radius 3 is 2.71 bits per heavy atom. The van der Waals surface area contributed by atoms with Gasteiger partial charge in [-0.2, -0.15) is 0 Å². The van der Waals surface area contributed by atoms with Crippen molar-refractivity contribution in [1.29, 1.82) is 0 Å². The van der Waals surface area contributed by atoms with Crippen molar-refractivity contribution in [3.8, 4) is 0 Å². The van der Waals surface area contributed by atoms with Crippen LogP contribution in [-0.2, 0) is 6.54 Å². The summed E-state index contributed by atoms with van der Waals surface area (Å²) in [6.45, 7) is 4.32. The van der Waals surface area contributed by atoms with E-state index in [1.54, 1.807) is 12.1 Å². The fourth-order valence-electron chi connectivity index (χ4n) is 2.10. The molecular weight excluding hydrogens is 285 g/mol. The smallest absolute Gasteiger partial charge is 0.123 e. The monoisotopic (exact) mass is 301 g/mol. The quantitative estimate of drug-likeness (QED) is 0.908. The van der Waals surface area contributed by atoms with Crippen LogP contribution in [0.25, 0.3) is 0 Å². The van der Waals surface area contributed by atoms with Gasteiger partial charge in [0, 0.05) is 24.1 Å². The van der Waals surface area contributed by atoms with E-state index in [1.165, 1.54) is 6.07 Å². The Morgan fingerprint density at radius 2 is 2.06 bits per heavy atom. The van der Waals surface area contributed by atoms with Crippen LogP contribution < -0.4 is 0 Å². The first kappa shape index (κ1) is 13.0. The zero-order valence-electron chi connectivity index (χ0n) is 9.92. The Bertz CT molecular complexity index is 398. The summed E-state index contributed by atoms with van der Waals surface area (Å²) < 4.78 is 14.1. The van der Waals surface area contributed by atoms with Gasteiger partial charge in [-0.1, -0.05) is 15.9 Å². The highest BCUT2D eigenvalue weighted by atomic mass is 79.9. The fourth-order valence-corrected chi connectivity index (χ4v) is 2.47. The molecule has 0 aromatic heterocycles. The van der Waals surface area contributed by atoms with E-state index in [0.717, 1.165) is 42.5 Å². The molecule has 1 aliphatic rings. The van der Waals surface area contributed by atoms with Gasteiger partial charge in [0.15, 0.2) is 0 Å². The molecule has 1 aromatic rings. The number of benzene rings is 1. The van der Waals surface area contributed by atoms with Crippen LogP contribution in [0.2, 0.25) is 0 Å². The highest BCUT2D eigenvalue weighted by Gasteiger charge is 2.27. The Hall–Kier alpha value is -0.450. The van der Waals surface area contributed by atoms with Crippen molar-refractivity contribution in [3.63, 3.8) is 0 Å². The Morgan fingerprint density at radius 1 is 1.41 bits per heavy atom. The highest BCUT2D eigenvalue weighted by Crippen LogP contribution is 2.25. The zero-order chi connectivity index (χ0) is 12.5. The summed E-state index contributed by atoms with van der Waals surface area (Å²) in [6.07, 6.45) is 1.56. The van der Waals surface area contributed by atoms with Gasteiger partial charge in [-0.15, -0.1) is 0 Å². The van der Waals surface area contributed by atoms with E-state index in [9.17, 15) is 9.50 Å². The van der Waals surface area contributed by atoms with E-state index < -0.39 is 5.60 Å². The van der Waals surface area contributed by atoms with Crippen LogP contribution in [0.1, 0.15) is 25.3 Å². The van der Waals surface area contributed by atoms with Gasteiger partial charge in [-0.3, -0.25) is 4.90 Å². The molecule has 0 bridgehead atoms. The summed E-state index contributed by atoms with van der Waals surface area (Å²) in [4.78, 5) is 2.25. The number of piperidine rings is 1. The van der Waals surface area contributed by atoms with Gasteiger partial charge >= 0.3 is 0 Å². The maximum absolute atomic E-state index is 13.1. The minimum atomic E-state index is -0.532. The lowest BCUT2D eigenvalue weighted by Crippen LogP contribution is -2.42. The predicted octanol–water partition coefficient (Wildman–Crippen LogP) is 2.94. The normalized spacial score (nSPS) is 20.5. The van der Waals surface area contributed by atoms with Gasteiger partial charge in [-0.25, -0.2) is 4.39 Å². The Labute approximate surface area is 110 Å². The summed E-state index contributed by atoms with van der Waals surface area (Å²) >= 11 is 3.44. The fraction of sp³-hybridized carbons (Fsp3) is 0.538. The molecule has 1 saturated heterocycles. The molecule has 1 aliphatic heterocycles. The second-order valence-electron chi connectivity index (χ2n) is 5.01. The average Bonchev–Trinajstić information content (AvgIpc) is 2.26. The molecule has 4 heteroatoms. The number of hydrogen-bond acceptors (Lipinski definition) is 2. The van der Waals surface area contributed by atoms with Crippen molar-refractivity contribution < 1.29 is 9.50 Å². The second kappa shape index (κ2) is 5.04. The number of nitrogens with zero attached hydrogens (tertiary/aromatic N) is 1. The SMILES string of the molecule is CC1(O)CCN(Cc2cc(F)ccc2Br)CC1. The van der Waals surface area contributed by atoms with E-state index in [4.69, 9.17) is 0 Å². The third-order valence-electron chi connectivity index (χ3n) is 3.33. The summed E-state index contributed by atoms with van der Waals surface area (Å²) in [5, 5.41) is 9.86. The molecule has 0 radical (unpaired) electrons. The van der Waals surface area contributed by atoms with E-state index in [0.29, 0.717) is 0 Å². The van der Waals surface area contributed by atoms with Crippen LogP contribution in [0.15, 0.2) is 22.7 Å².